The van der Waals surface area contributed by atoms with Gasteiger partial charge in [0.05, 0.1) is 48.1 Å². The molecule has 3 heterocycles. The summed E-state index contributed by atoms with van der Waals surface area (Å²) < 4.78 is 8.55. The second kappa shape index (κ2) is 8.32. The zero-order valence-corrected chi connectivity index (χ0v) is 18.6. The number of likely N-dealkylation sites (tertiary alicyclic amines) is 1. The summed E-state index contributed by atoms with van der Waals surface area (Å²) in [5.74, 6) is 1.01. The lowest BCUT2D eigenvalue weighted by Crippen LogP contribution is -2.36. The zero-order chi connectivity index (χ0) is 23.1. The van der Waals surface area contributed by atoms with Crippen molar-refractivity contribution in [3.05, 3.63) is 64.2 Å². The maximum Gasteiger partial charge on any atom is 0.261 e. The molecule has 1 aliphatic heterocycles. The molecule has 0 spiro atoms. The molecular weight excluding hydrogens is 422 g/mol. The first-order valence-electron chi connectivity index (χ1n) is 11.0. The average Bonchev–Trinajstić information content (AvgIpc) is 3.43. The molecule has 9 heteroatoms. The molecule has 1 saturated heterocycles. The topological polar surface area (TPSA) is 102 Å². The Balaban J connectivity index is 1.56. The second-order valence-electron chi connectivity index (χ2n) is 8.19. The second-order valence-corrected chi connectivity index (χ2v) is 8.19. The van der Waals surface area contributed by atoms with Crippen molar-refractivity contribution in [3.8, 4) is 5.88 Å². The van der Waals surface area contributed by atoms with Crippen LogP contribution in [-0.2, 0) is 13.6 Å². The molecule has 5 rings (SSSR count). The van der Waals surface area contributed by atoms with Gasteiger partial charge in [-0.05, 0) is 43.2 Å². The van der Waals surface area contributed by atoms with Crippen LogP contribution in [0.15, 0.2) is 47.3 Å². The fourth-order valence-electron chi connectivity index (χ4n) is 4.75. The summed E-state index contributed by atoms with van der Waals surface area (Å²) in [6.07, 6.45) is 1.50. The first kappa shape index (κ1) is 21.1. The Labute approximate surface area is 189 Å². The number of aliphatic hydroxyl groups is 1. The van der Waals surface area contributed by atoms with E-state index in [4.69, 9.17) is 9.72 Å². The summed E-state index contributed by atoms with van der Waals surface area (Å²) in [5.41, 5.74) is 1.59. The van der Waals surface area contributed by atoms with E-state index >= 15 is 0 Å². The minimum Gasteiger partial charge on any atom is -0.481 e. The molecule has 0 radical (unpaired) electrons. The van der Waals surface area contributed by atoms with Crippen molar-refractivity contribution in [3.63, 3.8) is 0 Å². The molecule has 2 aromatic carbocycles. The molecule has 1 N–H and O–H groups in total. The van der Waals surface area contributed by atoms with E-state index in [0.29, 0.717) is 46.7 Å². The fourth-order valence-corrected chi connectivity index (χ4v) is 4.75. The molecule has 33 heavy (non-hydrogen) atoms. The molecule has 170 valence electrons. The van der Waals surface area contributed by atoms with Crippen LogP contribution < -0.4 is 10.3 Å². The Morgan fingerprint density at radius 2 is 2.00 bits per heavy atom. The number of benzene rings is 2. The molecule has 2 aromatic heterocycles. The predicted molar refractivity (Wildman–Crippen MR) is 123 cm³/mol. The molecule has 1 fully saturated rings. The van der Waals surface area contributed by atoms with Crippen molar-refractivity contribution < 1.29 is 14.6 Å². The summed E-state index contributed by atoms with van der Waals surface area (Å²) in [6.45, 7) is 0.505. The molecular formula is C24H25N5O4. The summed E-state index contributed by atoms with van der Waals surface area (Å²) in [7, 11) is 3.38. The van der Waals surface area contributed by atoms with Crippen molar-refractivity contribution >= 4 is 27.7 Å². The number of nitrogens with zero attached hydrogens (tertiary/aromatic N) is 5. The fraction of sp³-hybridized carbons (Fsp3) is 0.333. The van der Waals surface area contributed by atoms with Crippen molar-refractivity contribution in [2.75, 3.05) is 20.3 Å². The maximum absolute atomic E-state index is 13.5. The molecule has 1 atom stereocenters. The monoisotopic (exact) mass is 447 g/mol. The van der Waals surface area contributed by atoms with Crippen molar-refractivity contribution in [1.29, 1.82) is 0 Å². The molecule has 1 unspecified atom stereocenters. The number of aryl methyl sites for hydroxylation is 1. The van der Waals surface area contributed by atoms with Gasteiger partial charge in [0.2, 0.25) is 5.88 Å². The van der Waals surface area contributed by atoms with Crippen LogP contribution >= 0.6 is 0 Å². The van der Waals surface area contributed by atoms with Gasteiger partial charge in [-0.2, -0.15) is 5.10 Å². The SMILES string of the molecule is COc1c2ccc(C(=O)N3CCCC3c3nc4ccccc4c(=O)n3CCO)cc2nn1C. The lowest BCUT2D eigenvalue weighted by molar-refractivity contribution is 0.0726. The molecule has 9 nitrogen and oxygen atoms in total. The van der Waals surface area contributed by atoms with Crippen LogP contribution in [0.4, 0.5) is 0 Å². The summed E-state index contributed by atoms with van der Waals surface area (Å²) in [4.78, 5) is 33.2. The zero-order valence-electron chi connectivity index (χ0n) is 18.6. The van der Waals surface area contributed by atoms with Crippen molar-refractivity contribution in [2.24, 2.45) is 7.05 Å². The largest absolute Gasteiger partial charge is 0.481 e. The quantitative estimate of drug-likeness (QED) is 0.504. The van der Waals surface area contributed by atoms with Gasteiger partial charge in [0, 0.05) is 19.2 Å². The Kier molecular flexibility index (Phi) is 5.33. The van der Waals surface area contributed by atoms with E-state index in [1.54, 1.807) is 54.1 Å². The van der Waals surface area contributed by atoms with Gasteiger partial charge in [-0.1, -0.05) is 12.1 Å². The van der Waals surface area contributed by atoms with Gasteiger partial charge in [-0.25, -0.2) is 9.67 Å². The number of rotatable bonds is 5. The van der Waals surface area contributed by atoms with Crippen LogP contribution in [0.2, 0.25) is 0 Å². The van der Waals surface area contributed by atoms with E-state index < -0.39 is 0 Å². The van der Waals surface area contributed by atoms with Gasteiger partial charge >= 0.3 is 0 Å². The van der Waals surface area contributed by atoms with Crippen LogP contribution in [-0.4, -0.2) is 55.5 Å². The third-order valence-electron chi connectivity index (χ3n) is 6.25. The highest BCUT2D eigenvalue weighted by molar-refractivity contribution is 5.99. The highest BCUT2D eigenvalue weighted by Gasteiger charge is 2.34. The Hall–Kier alpha value is -3.72. The summed E-state index contributed by atoms with van der Waals surface area (Å²) >= 11 is 0. The Bertz CT molecular complexity index is 1420. The Morgan fingerprint density at radius 3 is 2.79 bits per heavy atom. The van der Waals surface area contributed by atoms with Gasteiger partial charge < -0.3 is 14.7 Å². The molecule has 0 aliphatic carbocycles. The van der Waals surface area contributed by atoms with Crippen LogP contribution in [0.5, 0.6) is 5.88 Å². The van der Waals surface area contributed by atoms with Crippen molar-refractivity contribution in [2.45, 2.75) is 25.4 Å². The molecule has 1 amide bonds. The number of aromatic nitrogens is 4. The normalized spacial score (nSPS) is 16.1. The van der Waals surface area contributed by atoms with E-state index in [9.17, 15) is 14.7 Å². The smallest absolute Gasteiger partial charge is 0.261 e. The van der Waals surface area contributed by atoms with Gasteiger partial charge in [0.25, 0.3) is 11.5 Å². The number of aliphatic hydroxyl groups excluding tert-OH is 1. The van der Waals surface area contributed by atoms with E-state index in [-0.39, 0.29) is 30.7 Å². The average molecular weight is 447 g/mol. The number of fused-ring (bicyclic) bond motifs is 2. The number of hydrogen-bond acceptors (Lipinski definition) is 6. The summed E-state index contributed by atoms with van der Waals surface area (Å²) in [6, 6.07) is 12.2. The third kappa shape index (κ3) is 3.45. The highest BCUT2D eigenvalue weighted by Crippen LogP contribution is 2.33. The first-order chi connectivity index (χ1) is 16.0. The van der Waals surface area contributed by atoms with Crippen LogP contribution in [0.3, 0.4) is 0 Å². The minimum absolute atomic E-state index is 0.129. The lowest BCUT2D eigenvalue weighted by Gasteiger charge is -2.26. The summed E-state index contributed by atoms with van der Waals surface area (Å²) in [5, 5.41) is 15.4. The van der Waals surface area contributed by atoms with E-state index in [1.807, 2.05) is 12.1 Å². The number of para-hydroxylation sites is 1. The number of methoxy groups -OCH3 is 1. The number of amides is 1. The van der Waals surface area contributed by atoms with Gasteiger partial charge in [0.15, 0.2) is 0 Å². The first-order valence-corrected chi connectivity index (χ1v) is 11.0. The third-order valence-corrected chi connectivity index (χ3v) is 6.25. The van der Waals surface area contributed by atoms with Crippen LogP contribution in [0, 0.1) is 0 Å². The number of hydrogen-bond donors (Lipinski definition) is 1. The van der Waals surface area contributed by atoms with Gasteiger partial charge in [-0.15, -0.1) is 0 Å². The van der Waals surface area contributed by atoms with Crippen LogP contribution in [0.25, 0.3) is 21.8 Å². The van der Waals surface area contributed by atoms with Crippen LogP contribution in [0.1, 0.15) is 35.1 Å². The minimum atomic E-state index is -0.352. The molecule has 0 saturated carbocycles. The number of carbonyl (C=O) groups excluding carboxylic acids is 1. The lowest BCUT2D eigenvalue weighted by atomic mass is 10.1. The van der Waals surface area contributed by atoms with E-state index in [0.717, 1.165) is 11.8 Å². The molecule has 4 aromatic rings. The predicted octanol–water partition coefficient (Wildman–Crippen LogP) is 2.26. The van der Waals surface area contributed by atoms with Gasteiger partial charge in [0.1, 0.15) is 5.82 Å². The van der Waals surface area contributed by atoms with Crippen molar-refractivity contribution in [1.82, 2.24) is 24.2 Å². The number of ether oxygens (including phenoxy) is 1. The Morgan fingerprint density at radius 1 is 1.18 bits per heavy atom. The maximum atomic E-state index is 13.5. The van der Waals surface area contributed by atoms with Gasteiger partial charge in [-0.3, -0.25) is 14.2 Å². The molecule has 0 bridgehead atoms. The number of carbonyl (C=O) groups is 1. The highest BCUT2D eigenvalue weighted by atomic mass is 16.5. The standard InChI is InChI=1S/C24H25N5O4/c1-27-24(33-2)17-10-9-15(14-19(17)26-27)22(31)28-11-5-8-20(28)21-25-18-7-4-3-6-16(18)23(32)29(21)12-13-30/h3-4,6-7,9-10,14,20,30H,5,8,11-13H2,1-2H3. The van der Waals surface area contributed by atoms with E-state index in [1.165, 1.54) is 4.57 Å². The van der Waals surface area contributed by atoms with E-state index in [2.05, 4.69) is 5.10 Å². The molecule has 1 aliphatic rings.